The second kappa shape index (κ2) is 8.83. The molecule has 0 atom stereocenters. The Kier molecular flexibility index (Phi) is 6.25. The van der Waals surface area contributed by atoms with Crippen LogP contribution in [-0.2, 0) is 19.1 Å². The van der Waals surface area contributed by atoms with Crippen LogP contribution in [0.2, 0.25) is 0 Å². The molecule has 2 amide bonds. The minimum atomic E-state index is -1.20. The number of anilines is 1. The van der Waals surface area contributed by atoms with Gasteiger partial charge < -0.3 is 30.0 Å². The van der Waals surface area contributed by atoms with Crippen LogP contribution in [0.1, 0.15) is 11.9 Å². The van der Waals surface area contributed by atoms with Crippen molar-refractivity contribution in [3.8, 4) is 5.75 Å². The van der Waals surface area contributed by atoms with Gasteiger partial charge in [0, 0.05) is 11.3 Å². The van der Waals surface area contributed by atoms with E-state index in [1.165, 1.54) is 0 Å². The summed E-state index contributed by atoms with van der Waals surface area (Å²) >= 11 is 0. The van der Waals surface area contributed by atoms with Crippen LogP contribution >= 0.6 is 0 Å². The molecule has 0 bridgehead atoms. The molecule has 3 rings (SSSR count). The van der Waals surface area contributed by atoms with Gasteiger partial charge >= 0.3 is 11.8 Å². The molecule has 1 fully saturated rings. The second-order valence-electron chi connectivity index (χ2n) is 6.44. The molecular weight excluding hydrogens is 364 g/mol. The molecule has 8 heteroatoms. The van der Waals surface area contributed by atoms with Crippen LogP contribution in [0.3, 0.4) is 0 Å². The molecule has 1 heterocycles. The third kappa shape index (κ3) is 4.66. The fourth-order valence-corrected chi connectivity index (χ4v) is 2.72. The van der Waals surface area contributed by atoms with E-state index in [0.29, 0.717) is 11.4 Å². The van der Waals surface area contributed by atoms with Crippen molar-refractivity contribution in [1.82, 2.24) is 5.32 Å². The quantitative estimate of drug-likeness (QED) is 0.668. The normalized spacial score (nSPS) is 21.6. The molecule has 1 aliphatic heterocycles. The maximum absolute atomic E-state index is 12.2. The summed E-state index contributed by atoms with van der Waals surface area (Å²) in [7, 11) is 1.58. The van der Waals surface area contributed by atoms with Crippen molar-refractivity contribution in [2.75, 3.05) is 32.2 Å². The van der Waals surface area contributed by atoms with Gasteiger partial charge in [-0.05, 0) is 24.3 Å². The van der Waals surface area contributed by atoms with Gasteiger partial charge in [0.05, 0.1) is 26.9 Å². The van der Waals surface area contributed by atoms with E-state index < -0.39 is 30.3 Å². The van der Waals surface area contributed by atoms with Crippen LogP contribution in [0.5, 0.6) is 5.75 Å². The molecule has 3 N–H and O–H groups in total. The van der Waals surface area contributed by atoms with Crippen LogP contribution in [0.15, 0.2) is 54.6 Å². The number of aliphatic hydroxyl groups is 1. The highest BCUT2D eigenvalue weighted by Crippen LogP contribution is 2.28. The number of hydrogen-bond donors (Lipinski definition) is 3. The van der Waals surface area contributed by atoms with E-state index in [-0.39, 0.29) is 13.2 Å². The van der Waals surface area contributed by atoms with E-state index in [2.05, 4.69) is 10.6 Å². The molecule has 0 radical (unpaired) electrons. The van der Waals surface area contributed by atoms with Crippen molar-refractivity contribution >= 4 is 17.5 Å². The van der Waals surface area contributed by atoms with Crippen LogP contribution < -0.4 is 15.4 Å². The Balaban J connectivity index is 1.58. The molecule has 0 saturated carbocycles. The minimum Gasteiger partial charge on any atom is -0.497 e. The number of methoxy groups -OCH3 is 1. The predicted octanol–water partition coefficient (Wildman–Crippen LogP) is 1.23. The third-order valence-corrected chi connectivity index (χ3v) is 4.33. The highest BCUT2D eigenvalue weighted by atomic mass is 16.7. The van der Waals surface area contributed by atoms with Crippen LogP contribution in [0.4, 0.5) is 5.69 Å². The van der Waals surface area contributed by atoms with Gasteiger partial charge in [-0.1, -0.05) is 30.3 Å². The first-order valence-corrected chi connectivity index (χ1v) is 8.72. The van der Waals surface area contributed by atoms with Crippen molar-refractivity contribution < 1.29 is 28.9 Å². The molecule has 2 aromatic carbocycles. The summed E-state index contributed by atoms with van der Waals surface area (Å²) in [6.07, 6.45) is -0.638. The van der Waals surface area contributed by atoms with E-state index in [9.17, 15) is 14.7 Å². The summed E-state index contributed by atoms with van der Waals surface area (Å²) < 4.78 is 16.5. The van der Waals surface area contributed by atoms with Gasteiger partial charge in [-0.3, -0.25) is 9.59 Å². The molecule has 0 aromatic heterocycles. The maximum Gasteiger partial charge on any atom is 0.313 e. The molecule has 8 nitrogen and oxygen atoms in total. The Morgan fingerprint density at radius 3 is 2.29 bits per heavy atom. The van der Waals surface area contributed by atoms with Crippen molar-refractivity contribution in [2.45, 2.75) is 11.8 Å². The smallest absolute Gasteiger partial charge is 0.313 e. The van der Waals surface area contributed by atoms with E-state index in [1.807, 2.05) is 0 Å². The molecule has 1 aliphatic rings. The van der Waals surface area contributed by atoms with Gasteiger partial charge in [0.15, 0.2) is 6.29 Å². The van der Waals surface area contributed by atoms with E-state index in [4.69, 9.17) is 14.2 Å². The average molecular weight is 386 g/mol. The zero-order valence-electron chi connectivity index (χ0n) is 15.4. The second-order valence-corrected chi connectivity index (χ2v) is 6.44. The number of amides is 2. The largest absolute Gasteiger partial charge is 0.497 e. The number of ether oxygens (including phenoxy) is 3. The summed E-state index contributed by atoms with van der Waals surface area (Å²) in [5, 5.41) is 14.8. The van der Waals surface area contributed by atoms with Crippen LogP contribution in [0.25, 0.3) is 0 Å². The molecule has 2 aromatic rings. The van der Waals surface area contributed by atoms with Gasteiger partial charge in [-0.25, -0.2) is 0 Å². The Labute approximate surface area is 162 Å². The molecule has 0 aliphatic carbocycles. The van der Waals surface area contributed by atoms with Crippen molar-refractivity contribution in [3.63, 3.8) is 0 Å². The first kappa shape index (κ1) is 19.8. The molecule has 0 spiro atoms. The topological polar surface area (TPSA) is 106 Å². The summed E-state index contributed by atoms with van der Waals surface area (Å²) in [5.41, 5.74) is 0.0746. The van der Waals surface area contributed by atoms with Crippen molar-refractivity contribution in [3.05, 3.63) is 60.2 Å². The number of carbonyl (C=O) groups excluding carboxylic acids is 2. The number of aliphatic hydroxyl groups excluding tert-OH is 1. The van der Waals surface area contributed by atoms with E-state index >= 15 is 0 Å². The summed E-state index contributed by atoms with van der Waals surface area (Å²) in [4.78, 5) is 24.3. The number of rotatable bonds is 5. The monoisotopic (exact) mass is 386 g/mol. The first-order valence-electron chi connectivity index (χ1n) is 8.72. The Morgan fingerprint density at radius 1 is 1.07 bits per heavy atom. The summed E-state index contributed by atoms with van der Waals surface area (Å²) in [5.74, 6) is -1.01. The van der Waals surface area contributed by atoms with E-state index in [0.717, 1.165) is 5.56 Å². The third-order valence-electron chi connectivity index (χ3n) is 4.33. The fraction of sp³-hybridized carbons (Fsp3) is 0.300. The van der Waals surface area contributed by atoms with Crippen LogP contribution in [-0.4, -0.2) is 49.4 Å². The lowest BCUT2D eigenvalue weighted by Crippen LogP contribution is -2.62. The zero-order valence-corrected chi connectivity index (χ0v) is 15.4. The Hall–Kier alpha value is -2.94. The van der Waals surface area contributed by atoms with Gasteiger partial charge in [0.1, 0.15) is 11.3 Å². The van der Waals surface area contributed by atoms with Crippen molar-refractivity contribution in [2.24, 2.45) is 0 Å². The van der Waals surface area contributed by atoms with Gasteiger partial charge in [-0.2, -0.15) is 0 Å². The van der Waals surface area contributed by atoms with Gasteiger partial charge in [-0.15, -0.1) is 0 Å². The molecular formula is C20H22N2O6. The fourth-order valence-electron chi connectivity index (χ4n) is 2.72. The molecule has 0 unspecified atom stereocenters. The lowest BCUT2D eigenvalue weighted by molar-refractivity contribution is -0.223. The Bertz CT molecular complexity index is 801. The summed E-state index contributed by atoms with van der Waals surface area (Å²) in [6.45, 7) is -0.457. The predicted molar refractivity (Wildman–Crippen MR) is 101 cm³/mol. The van der Waals surface area contributed by atoms with Crippen LogP contribution in [0, 0.1) is 0 Å². The number of nitrogens with one attached hydrogen (secondary N) is 2. The van der Waals surface area contributed by atoms with E-state index in [1.54, 1.807) is 61.7 Å². The number of carbonyl (C=O) groups is 2. The highest BCUT2D eigenvalue weighted by molar-refractivity contribution is 6.39. The number of benzene rings is 2. The standard InChI is InChI=1S/C20H22N2O6/c1-26-16-9-7-14(8-10-16)19-27-12-20(11-23,13-28-19)22-18(25)17(24)21-15-5-3-2-4-6-15/h2-10,19,23H,11-13H2,1H3,(H,21,24)(H,22,25). The number of para-hydroxylation sites is 1. The first-order chi connectivity index (χ1) is 13.5. The number of hydrogen-bond acceptors (Lipinski definition) is 6. The SMILES string of the molecule is COc1ccc(C2OCC(CO)(NC(=O)C(=O)Nc3ccccc3)CO2)cc1. The highest BCUT2D eigenvalue weighted by Gasteiger charge is 2.39. The summed E-state index contributed by atoms with van der Waals surface area (Å²) in [6, 6.07) is 15.8. The van der Waals surface area contributed by atoms with Gasteiger partial charge in [0.2, 0.25) is 0 Å². The minimum absolute atomic E-state index is 0.00937. The molecule has 148 valence electrons. The lowest BCUT2D eigenvalue weighted by atomic mass is 10.0. The maximum atomic E-state index is 12.2. The zero-order chi connectivity index (χ0) is 20.0. The molecule has 28 heavy (non-hydrogen) atoms. The van der Waals surface area contributed by atoms with Gasteiger partial charge in [0.25, 0.3) is 0 Å². The Morgan fingerprint density at radius 2 is 1.71 bits per heavy atom. The lowest BCUT2D eigenvalue weighted by Gasteiger charge is -2.39. The average Bonchev–Trinajstić information content (AvgIpc) is 2.75. The van der Waals surface area contributed by atoms with Crippen molar-refractivity contribution in [1.29, 1.82) is 0 Å². The molecule has 1 saturated heterocycles.